The van der Waals surface area contributed by atoms with Gasteiger partial charge < -0.3 is 10.2 Å². The van der Waals surface area contributed by atoms with Crippen molar-refractivity contribution in [3.63, 3.8) is 0 Å². The van der Waals surface area contributed by atoms with Gasteiger partial charge in [-0.1, -0.05) is 53.5 Å². The van der Waals surface area contributed by atoms with E-state index < -0.39 is 17.7 Å². The summed E-state index contributed by atoms with van der Waals surface area (Å²) in [6, 6.07) is 18.1. The molecule has 0 aromatic heterocycles. The first-order valence-corrected chi connectivity index (χ1v) is 9.74. The maximum Gasteiger partial charge on any atom is 0.300 e. The fourth-order valence-electron chi connectivity index (χ4n) is 3.53. The van der Waals surface area contributed by atoms with E-state index in [0.717, 1.165) is 0 Å². The molecule has 1 heterocycles. The highest BCUT2D eigenvalue weighted by molar-refractivity contribution is 6.51. The van der Waals surface area contributed by atoms with Gasteiger partial charge in [0.1, 0.15) is 11.5 Å². The highest BCUT2D eigenvalue weighted by Crippen LogP contribution is 2.43. The normalized spacial score (nSPS) is 18.1. The Bertz CT molecular complexity index is 1210. The zero-order valence-corrected chi connectivity index (χ0v) is 16.9. The van der Waals surface area contributed by atoms with Gasteiger partial charge in [-0.3, -0.25) is 14.5 Å². The van der Waals surface area contributed by atoms with Crippen molar-refractivity contribution in [2.75, 3.05) is 4.90 Å². The number of benzene rings is 3. The van der Waals surface area contributed by atoms with Gasteiger partial charge in [0.05, 0.1) is 11.6 Å². The van der Waals surface area contributed by atoms with Crippen molar-refractivity contribution in [2.24, 2.45) is 0 Å². The summed E-state index contributed by atoms with van der Waals surface area (Å²) in [7, 11) is 0. The Morgan fingerprint density at radius 2 is 1.53 bits per heavy atom. The maximum atomic E-state index is 13.0. The third-order valence-electron chi connectivity index (χ3n) is 4.81. The van der Waals surface area contributed by atoms with E-state index in [2.05, 4.69) is 0 Å². The average Bonchev–Trinajstić information content (AvgIpc) is 2.98. The fraction of sp³-hybridized carbons (Fsp3) is 0.0435. The third kappa shape index (κ3) is 3.54. The van der Waals surface area contributed by atoms with Crippen molar-refractivity contribution in [1.82, 2.24) is 0 Å². The van der Waals surface area contributed by atoms with Crippen molar-refractivity contribution in [3.8, 4) is 5.75 Å². The molecule has 1 fully saturated rings. The molecule has 3 aromatic rings. The first kappa shape index (κ1) is 20.0. The van der Waals surface area contributed by atoms with Crippen molar-refractivity contribution in [2.45, 2.75) is 6.04 Å². The molecule has 2 N–H and O–H groups in total. The molecule has 3 aromatic carbocycles. The second kappa shape index (κ2) is 7.86. The standard InChI is InChI=1S/C23H15Cl2NO4/c24-15-6-1-5-14(10-15)21(28)19-20(13-4-2-9-18(27)11-13)26(23(30)22(19)29)17-8-3-7-16(25)12-17/h1-12,20,27-28H/b21-19+. The summed E-state index contributed by atoms with van der Waals surface area (Å²) in [6.07, 6.45) is 0. The molecule has 1 atom stereocenters. The number of carbonyl (C=O) groups excluding carboxylic acids is 2. The molecule has 0 saturated carbocycles. The van der Waals surface area contributed by atoms with Gasteiger partial charge in [0.15, 0.2) is 0 Å². The Balaban J connectivity index is 1.98. The molecule has 4 rings (SSSR count). The van der Waals surface area contributed by atoms with Crippen LogP contribution in [-0.2, 0) is 9.59 Å². The van der Waals surface area contributed by atoms with Crippen LogP contribution in [0.3, 0.4) is 0 Å². The van der Waals surface area contributed by atoms with Gasteiger partial charge in [0.25, 0.3) is 11.7 Å². The molecule has 30 heavy (non-hydrogen) atoms. The Kier molecular flexibility index (Phi) is 5.24. The molecule has 1 saturated heterocycles. The second-order valence-electron chi connectivity index (χ2n) is 6.75. The number of aromatic hydroxyl groups is 1. The van der Waals surface area contributed by atoms with E-state index >= 15 is 0 Å². The molecule has 1 unspecified atom stereocenters. The predicted molar refractivity (Wildman–Crippen MR) is 116 cm³/mol. The number of aliphatic hydroxyl groups is 1. The first-order valence-electron chi connectivity index (χ1n) is 8.98. The average molecular weight is 440 g/mol. The lowest BCUT2D eigenvalue weighted by atomic mass is 9.95. The third-order valence-corrected chi connectivity index (χ3v) is 5.28. The first-order chi connectivity index (χ1) is 14.4. The lowest BCUT2D eigenvalue weighted by molar-refractivity contribution is -0.132. The molecule has 0 aliphatic carbocycles. The molecule has 0 spiro atoms. The van der Waals surface area contributed by atoms with E-state index in [-0.39, 0.29) is 17.1 Å². The van der Waals surface area contributed by atoms with Crippen LogP contribution in [-0.4, -0.2) is 21.9 Å². The van der Waals surface area contributed by atoms with Gasteiger partial charge in [-0.25, -0.2) is 0 Å². The summed E-state index contributed by atoms with van der Waals surface area (Å²) in [5.74, 6) is -2.05. The summed E-state index contributed by atoms with van der Waals surface area (Å²) < 4.78 is 0. The number of amides is 1. The number of phenols is 1. The lowest BCUT2D eigenvalue weighted by Crippen LogP contribution is -2.29. The molecule has 1 amide bonds. The smallest absolute Gasteiger partial charge is 0.300 e. The summed E-state index contributed by atoms with van der Waals surface area (Å²) in [4.78, 5) is 27.3. The quantitative estimate of drug-likeness (QED) is 0.328. The largest absolute Gasteiger partial charge is 0.508 e. The summed E-state index contributed by atoms with van der Waals surface area (Å²) in [5.41, 5.74) is 1.05. The molecule has 1 aliphatic rings. The van der Waals surface area contributed by atoms with E-state index in [9.17, 15) is 19.8 Å². The predicted octanol–water partition coefficient (Wildman–Crippen LogP) is 5.33. The van der Waals surface area contributed by atoms with Crippen LogP contribution < -0.4 is 4.90 Å². The number of hydrogen-bond acceptors (Lipinski definition) is 4. The van der Waals surface area contributed by atoms with Crippen molar-refractivity contribution in [3.05, 3.63) is 99.5 Å². The van der Waals surface area contributed by atoms with Crippen LogP contribution in [0.25, 0.3) is 5.76 Å². The summed E-state index contributed by atoms with van der Waals surface area (Å²) in [5, 5.41) is 21.7. The number of rotatable bonds is 3. The molecule has 5 nitrogen and oxygen atoms in total. The number of anilines is 1. The van der Waals surface area contributed by atoms with Gasteiger partial charge in [-0.05, 0) is 48.0 Å². The number of carbonyl (C=O) groups is 2. The molecule has 150 valence electrons. The minimum atomic E-state index is -0.963. The van der Waals surface area contributed by atoms with E-state index in [1.54, 1.807) is 54.6 Å². The van der Waals surface area contributed by atoms with Crippen LogP contribution >= 0.6 is 23.2 Å². The minimum absolute atomic E-state index is 0.0352. The van der Waals surface area contributed by atoms with Crippen LogP contribution in [0, 0.1) is 0 Å². The van der Waals surface area contributed by atoms with Crippen LogP contribution in [0.1, 0.15) is 17.2 Å². The molecule has 1 aliphatic heterocycles. The number of phenolic OH excluding ortho intramolecular Hbond substituents is 1. The zero-order chi connectivity index (χ0) is 21.4. The van der Waals surface area contributed by atoms with E-state index in [1.165, 1.54) is 23.1 Å². The van der Waals surface area contributed by atoms with Gasteiger partial charge in [0.2, 0.25) is 0 Å². The Morgan fingerprint density at radius 1 is 0.867 bits per heavy atom. The van der Waals surface area contributed by atoms with Gasteiger partial charge in [0, 0.05) is 21.3 Å². The highest BCUT2D eigenvalue weighted by atomic mass is 35.5. The molecule has 7 heteroatoms. The summed E-state index contributed by atoms with van der Waals surface area (Å²) >= 11 is 12.1. The van der Waals surface area contributed by atoms with Crippen molar-refractivity contribution in [1.29, 1.82) is 0 Å². The molecular formula is C23H15Cl2NO4. The Labute approximate surface area is 182 Å². The van der Waals surface area contributed by atoms with E-state index in [4.69, 9.17) is 23.2 Å². The van der Waals surface area contributed by atoms with E-state index in [0.29, 0.717) is 26.9 Å². The number of halogens is 2. The number of Topliss-reactive ketones (excluding diaryl/α,β-unsaturated/α-hetero) is 1. The number of hydrogen-bond donors (Lipinski definition) is 2. The number of ketones is 1. The molecular weight excluding hydrogens is 425 g/mol. The topological polar surface area (TPSA) is 77.8 Å². The fourth-order valence-corrected chi connectivity index (χ4v) is 3.90. The SMILES string of the molecule is O=C1C(=O)N(c2cccc(Cl)c2)C(c2cccc(O)c2)/C1=C(\O)c1cccc(Cl)c1. The summed E-state index contributed by atoms with van der Waals surface area (Å²) in [6.45, 7) is 0. The minimum Gasteiger partial charge on any atom is -0.508 e. The zero-order valence-electron chi connectivity index (χ0n) is 15.4. The van der Waals surface area contributed by atoms with Crippen LogP contribution in [0.2, 0.25) is 10.0 Å². The number of nitrogens with zero attached hydrogens (tertiary/aromatic N) is 1. The van der Waals surface area contributed by atoms with Crippen LogP contribution in [0.15, 0.2) is 78.4 Å². The van der Waals surface area contributed by atoms with Crippen LogP contribution in [0.5, 0.6) is 5.75 Å². The molecule has 0 bridgehead atoms. The van der Waals surface area contributed by atoms with Gasteiger partial charge >= 0.3 is 0 Å². The van der Waals surface area contributed by atoms with Crippen molar-refractivity contribution < 1.29 is 19.8 Å². The van der Waals surface area contributed by atoms with Crippen molar-refractivity contribution >= 4 is 46.3 Å². The Morgan fingerprint density at radius 3 is 2.20 bits per heavy atom. The van der Waals surface area contributed by atoms with Crippen LogP contribution in [0.4, 0.5) is 5.69 Å². The highest BCUT2D eigenvalue weighted by Gasteiger charge is 2.47. The molecule has 0 radical (unpaired) electrons. The van der Waals surface area contributed by atoms with Gasteiger partial charge in [-0.2, -0.15) is 0 Å². The van der Waals surface area contributed by atoms with Gasteiger partial charge in [-0.15, -0.1) is 0 Å². The Hall–Kier alpha value is -3.28. The second-order valence-corrected chi connectivity index (χ2v) is 7.63. The van der Waals surface area contributed by atoms with E-state index in [1.807, 2.05) is 0 Å². The maximum absolute atomic E-state index is 13.0. The monoisotopic (exact) mass is 439 g/mol. The number of aliphatic hydroxyl groups excluding tert-OH is 1. The lowest BCUT2D eigenvalue weighted by Gasteiger charge is -2.25.